The highest BCUT2D eigenvalue weighted by Crippen LogP contribution is 2.15. The minimum atomic E-state index is -1.03. The molecule has 1 heterocycles. The molecule has 2 rings (SSSR count). The van der Waals surface area contributed by atoms with E-state index in [2.05, 4.69) is 10.3 Å². The maximum absolute atomic E-state index is 13.0. The van der Waals surface area contributed by atoms with Crippen LogP contribution in [0.1, 0.15) is 5.56 Å². The lowest BCUT2D eigenvalue weighted by Crippen LogP contribution is -2.34. The highest BCUT2D eigenvalue weighted by atomic mass is 19.2. The Balaban J connectivity index is 1.72. The van der Waals surface area contributed by atoms with Crippen molar-refractivity contribution in [1.29, 1.82) is 0 Å². The number of amides is 1. The van der Waals surface area contributed by atoms with E-state index in [1.165, 1.54) is 12.1 Å². The average molecular weight is 334 g/mol. The first-order chi connectivity index (χ1) is 11.5. The van der Waals surface area contributed by atoms with Gasteiger partial charge in [0.2, 0.25) is 5.91 Å². The highest BCUT2D eigenvalue weighted by molar-refractivity contribution is 5.91. The molecule has 1 amide bonds. The Morgan fingerprint density at radius 3 is 2.88 bits per heavy atom. The molecule has 1 aromatic heterocycles. The molecule has 7 heteroatoms. The van der Waals surface area contributed by atoms with Gasteiger partial charge >= 0.3 is 0 Å². The molecule has 2 N–H and O–H groups in total. The molecular formula is C17H16F2N2O3. The fourth-order valence-corrected chi connectivity index (χ4v) is 1.74. The number of nitrogens with zero attached hydrogens (tertiary/aromatic N) is 1. The fourth-order valence-electron chi connectivity index (χ4n) is 1.74. The Hall–Kier alpha value is -2.80. The van der Waals surface area contributed by atoms with Crippen molar-refractivity contribution in [2.75, 3.05) is 13.2 Å². The number of hydrogen-bond acceptors (Lipinski definition) is 4. The average Bonchev–Trinajstić information content (AvgIpc) is 2.60. The molecule has 0 aliphatic rings. The van der Waals surface area contributed by atoms with Gasteiger partial charge in [-0.2, -0.15) is 0 Å². The number of nitrogens with one attached hydrogen (secondary N) is 1. The number of hydrogen-bond donors (Lipinski definition) is 2. The third-order valence-corrected chi connectivity index (χ3v) is 2.96. The van der Waals surface area contributed by atoms with Crippen molar-refractivity contribution < 1.29 is 23.4 Å². The maximum Gasteiger partial charge on any atom is 0.244 e. The molecule has 0 bridgehead atoms. The van der Waals surface area contributed by atoms with Crippen molar-refractivity contribution in [1.82, 2.24) is 10.3 Å². The molecule has 2 aromatic rings. The van der Waals surface area contributed by atoms with Crippen molar-refractivity contribution in [2.24, 2.45) is 0 Å². The van der Waals surface area contributed by atoms with Gasteiger partial charge in [0.25, 0.3) is 0 Å². The van der Waals surface area contributed by atoms with Crippen LogP contribution in [-0.4, -0.2) is 35.3 Å². The van der Waals surface area contributed by atoms with Gasteiger partial charge in [0.1, 0.15) is 18.5 Å². The summed E-state index contributed by atoms with van der Waals surface area (Å²) >= 11 is 0. The molecule has 0 radical (unpaired) electrons. The van der Waals surface area contributed by atoms with Gasteiger partial charge in [-0.25, -0.2) is 8.78 Å². The van der Waals surface area contributed by atoms with Crippen molar-refractivity contribution in [3.63, 3.8) is 0 Å². The SMILES string of the molecule is O=C(/C=C/c1cccnc1)NCC(O)COc1ccc(F)c(F)c1. The number of aromatic nitrogens is 1. The summed E-state index contributed by atoms with van der Waals surface area (Å²) < 4.78 is 30.9. The van der Waals surface area contributed by atoms with Crippen LogP contribution >= 0.6 is 0 Å². The van der Waals surface area contributed by atoms with Crippen LogP contribution in [0.15, 0.2) is 48.8 Å². The second-order valence-corrected chi connectivity index (χ2v) is 4.91. The molecule has 1 aromatic carbocycles. The van der Waals surface area contributed by atoms with Gasteiger partial charge < -0.3 is 15.2 Å². The van der Waals surface area contributed by atoms with E-state index < -0.39 is 17.7 Å². The molecule has 0 saturated heterocycles. The number of benzene rings is 1. The largest absolute Gasteiger partial charge is 0.491 e. The van der Waals surface area contributed by atoms with Crippen LogP contribution in [0.25, 0.3) is 6.08 Å². The monoisotopic (exact) mass is 334 g/mol. The normalized spacial score (nSPS) is 12.1. The molecule has 0 saturated carbocycles. The standard InChI is InChI=1S/C17H16F2N2O3/c18-15-5-4-14(8-16(15)19)24-11-13(22)10-21-17(23)6-3-12-2-1-7-20-9-12/h1-9,13,22H,10-11H2,(H,21,23)/b6-3+. The Labute approximate surface area is 137 Å². The predicted octanol–water partition coefficient (Wildman–Crippen LogP) is 1.93. The second kappa shape index (κ2) is 8.73. The minimum absolute atomic E-state index is 0.0418. The summed E-state index contributed by atoms with van der Waals surface area (Å²) in [5.74, 6) is -2.30. The van der Waals surface area contributed by atoms with E-state index in [4.69, 9.17) is 4.74 Å². The number of aliphatic hydroxyl groups excluding tert-OH is 1. The maximum atomic E-state index is 13.0. The zero-order chi connectivity index (χ0) is 17.4. The van der Waals surface area contributed by atoms with E-state index in [-0.39, 0.29) is 24.8 Å². The summed E-state index contributed by atoms with van der Waals surface area (Å²) in [5, 5.41) is 12.2. The molecule has 0 aliphatic carbocycles. The Bertz CT molecular complexity index is 708. The van der Waals surface area contributed by atoms with Crippen LogP contribution in [0.2, 0.25) is 0 Å². The van der Waals surface area contributed by atoms with Crippen molar-refractivity contribution in [2.45, 2.75) is 6.10 Å². The van der Waals surface area contributed by atoms with Gasteiger partial charge in [0, 0.05) is 31.1 Å². The molecule has 0 aliphatic heterocycles. The van der Waals surface area contributed by atoms with Crippen LogP contribution in [0.4, 0.5) is 8.78 Å². The summed E-state index contributed by atoms with van der Waals surface area (Å²) in [4.78, 5) is 15.5. The molecule has 126 valence electrons. The van der Waals surface area contributed by atoms with Gasteiger partial charge in [-0.15, -0.1) is 0 Å². The Kier molecular flexibility index (Phi) is 6.39. The first-order valence-corrected chi connectivity index (χ1v) is 7.16. The lowest BCUT2D eigenvalue weighted by Gasteiger charge is -2.12. The third-order valence-electron chi connectivity index (χ3n) is 2.96. The first kappa shape index (κ1) is 17.6. The lowest BCUT2D eigenvalue weighted by atomic mass is 10.2. The number of ether oxygens (including phenoxy) is 1. The van der Waals surface area contributed by atoms with Gasteiger partial charge in [-0.3, -0.25) is 9.78 Å². The number of rotatable bonds is 7. The minimum Gasteiger partial charge on any atom is -0.491 e. The summed E-state index contributed by atoms with van der Waals surface area (Å²) in [6.45, 7) is -0.211. The lowest BCUT2D eigenvalue weighted by molar-refractivity contribution is -0.117. The van der Waals surface area contributed by atoms with Gasteiger partial charge in [-0.1, -0.05) is 6.07 Å². The smallest absolute Gasteiger partial charge is 0.244 e. The number of halogens is 2. The summed E-state index contributed by atoms with van der Waals surface area (Å²) in [6.07, 6.45) is 5.15. The predicted molar refractivity (Wildman–Crippen MR) is 84.1 cm³/mol. The van der Waals surface area contributed by atoms with Crippen LogP contribution in [-0.2, 0) is 4.79 Å². The van der Waals surface area contributed by atoms with Gasteiger partial charge in [-0.05, 0) is 29.8 Å². The Morgan fingerprint density at radius 1 is 1.33 bits per heavy atom. The zero-order valence-electron chi connectivity index (χ0n) is 12.7. The van der Waals surface area contributed by atoms with Crippen LogP contribution in [0, 0.1) is 11.6 Å². The molecular weight excluding hydrogens is 318 g/mol. The van der Waals surface area contributed by atoms with Crippen molar-refractivity contribution >= 4 is 12.0 Å². The second-order valence-electron chi connectivity index (χ2n) is 4.91. The molecule has 24 heavy (non-hydrogen) atoms. The third kappa shape index (κ3) is 5.77. The number of carbonyl (C=O) groups excluding carboxylic acids is 1. The highest BCUT2D eigenvalue weighted by Gasteiger charge is 2.08. The molecule has 5 nitrogen and oxygen atoms in total. The van der Waals surface area contributed by atoms with Crippen LogP contribution in [0.5, 0.6) is 5.75 Å². The summed E-state index contributed by atoms with van der Waals surface area (Å²) in [7, 11) is 0. The molecule has 0 spiro atoms. The van der Waals surface area contributed by atoms with E-state index in [0.29, 0.717) is 0 Å². The fraction of sp³-hybridized carbons (Fsp3) is 0.176. The Morgan fingerprint density at radius 2 is 2.17 bits per heavy atom. The van der Waals surface area contributed by atoms with Crippen LogP contribution < -0.4 is 10.1 Å². The molecule has 1 atom stereocenters. The first-order valence-electron chi connectivity index (χ1n) is 7.16. The van der Waals surface area contributed by atoms with Crippen molar-refractivity contribution in [3.05, 3.63) is 66.0 Å². The summed E-state index contributed by atoms with van der Waals surface area (Å²) in [6, 6.07) is 6.61. The number of carbonyl (C=O) groups is 1. The number of pyridine rings is 1. The molecule has 0 fully saturated rings. The zero-order valence-corrected chi connectivity index (χ0v) is 12.7. The van der Waals surface area contributed by atoms with E-state index in [0.717, 1.165) is 17.7 Å². The number of aliphatic hydroxyl groups is 1. The quantitative estimate of drug-likeness (QED) is 0.759. The van der Waals surface area contributed by atoms with E-state index in [9.17, 15) is 18.7 Å². The van der Waals surface area contributed by atoms with E-state index in [1.807, 2.05) is 0 Å². The summed E-state index contributed by atoms with van der Waals surface area (Å²) in [5.41, 5.74) is 0.773. The van der Waals surface area contributed by atoms with E-state index in [1.54, 1.807) is 30.6 Å². The topological polar surface area (TPSA) is 71.5 Å². The van der Waals surface area contributed by atoms with E-state index >= 15 is 0 Å². The van der Waals surface area contributed by atoms with Gasteiger partial charge in [0.05, 0.1) is 0 Å². The van der Waals surface area contributed by atoms with Crippen LogP contribution in [0.3, 0.4) is 0 Å². The van der Waals surface area contributed by atoms with Crippen molar-refractivity contribution in [3.8, 4) is 5.75 Å². The van der Waals surface area contributed by atoms with Gasteiger partial charge in [0.15, 0.2) is 11.6 Å². The molecule has 1 unspecified atom stereocenters.